The number of amides is 2. The number of hydrogen-bond acceptors (Lipinski definition) is 8. The molecule has 3 heterocycles. The molecule has 0 aromatic rings. The number of hydrogen-bond donors (Lipinski definition) is 4. The van der Waals surface area contributed by atoms with Crippen molar-refractivity contribution in [3.63, 3.8) is 0 Å². The number of carboxylic acids is 1. The number of nitrogens with one attached hydrogen (secondary N) is 2. The molecule has 2 amide bonds. The predicted molar refractivity (Wildman–Crippen MR) is 118 cm³/mol. The lowest BCUT2D eigenvalue weighted by Gasteiger charge is -2.46. The van der Waals surface area contributed by atoms with Crippen LogP contribution in [0.1, 0.15) is 26.7 Å². The van der Waals surface area contributed by atoms with Gasteiger partial charge in [-0.3, -0.25) is 9.59 Å². The second-order valence-electron chi connectivity index (χ2n) is 8.11. The molecule has 0 spiro atoms. The molecule has 9 nitrogen and oxygen atoms in total. The van der Waals surface area contributed by atoms with Crippen molar-refractivity contribution in [2.45, 2.75) is 50.1 Å². The molecule has 2 saturated heterocycles. The van der Waals surface area contributed by atoms with Crippen molar-refractivity contribution in [3.8, 4) is 6.07 Å². The SMILES string of the molecule is C[C@@H](O)[C@H]1C(=O)N2C(C(=O)O)=C(S[C@@H]3CN[C@H](CSCCC(=O)NCC#N)C3)[C@H](C)[C@H]12. The van der Waals surface area contributed by atoms with Crippen LogP contribution < -0.4 is 10.6 Å². The third-order valence-electron chi connectivity index (χ3n) is 5.94. The maximum absolute atomic E-state index is 12.4. The Morgan fingerprint density at radius 3 is 2.84 bits per heavy atom. The molecule has 3 rings (SSSR count). The van der Waals surface area contributed by atoms with Crippen molar-refractivity contribution in [1.29, 1.82) is 5.26 Å². The van der Waals surface area contributed by atoms with E-state index < -0.39 is 18.0 Å². The summed E-state index contributed by atoms with van der Waals surface area (Å²) >= 11 is 3.21. The first-order valence-corrected chi connectivity index (χ1v) is 12.4. The van der Waals surface area contributed by atoms with Crippen LogP contribution in [0.15, 0.2) is 10.6 Å². The second-order valence-corrected chi connectivity index (χ2v) is 10.6. The number of aliphatic hydroxyl groups is 1. The summed E-state index contributed by atoms with van der Waals surface area (Å²) in [5.74, 6) is -0.662. The Labute approximate surface area is 190 Å². The fourth-order valence-electron chi connectivity index (χ4n) is 4.47. The molecule has 0 saturated carbocycles. The lowest BCUT2D eigenvalue weighted by atomic mass is 9.79. The summed E-state index contributed by atoms with van der Waals surface area (Å²) in [6, 6.07) is 1.87. The van der Waals surface area contributed by atoms with Gasteiger partial charge in [-0.2, -0.15) is 17.0 Å². The number of fused-ring (bicyclic) bond motifs is 1. The molecule has 0 bridgehead atoms. The number of carbonyl (C=O) groups excluding carboxylic acids is 2. The number of carboxylic acid groups (broad SMARTS) is 1. The van der Waals surface area contributed by atoms with E-state index in [0.717, 1.165) is 23.6 Å². The van der Waals surface area contributed by atoms with E-state index in [1.54, 1.807) is 18.7 Å². The minimum atomic E-state index is -1.10. The van der Waals surface area contributed by atoms with Gasteiger partial charge in [0.15, 0.2) is 0 Å². The van der Waals surface area contributed by atoms with E-state index in [-0.39, 0.29) is 47.3 Å². The normalized spacial score (nSPS) is 30.6. The Bertz CT molecular complexity index is 812. The first kappa shape index (κ1) is 23.9. The number of carbonyl (C=O) groups is 3. The zero-order valence-corrected chi connectivity index (χ0v) is 19.2. The van der Waals surface area contributed by atoms with Gasteiger partial charge in [-0.15, -0.1) is 11.8 Å². The van der Waals surface area contributed by atoms with E-state index in [9.17, 15) is 24.6 Å². The Balaban J connectivity index is 1.51. The highest BCUT2D eigenvalue weighted by Crippen LogP contribution is 2.51. The minimum absolute atomic E-state index is 0.0288. The van der Waals surface area contributed by atoms with Crippen molar-refractivity contribution in [1.82, 2.24) is 15.5 Å². The number of aliphatic carboxylic acids is 1. The summed E-state index contributed by atoms with van der Waals surface area (Å²) in [6.07, 6.45) is 0.450. The van der Waals surface area contributed by atoms with E-state index in [0.29, 0.717) is 12.2 Å². The van der Waals surface area contributed by atoms with Crippen molar-refractivity contribution in [2.24, 2.45) is 11.8 Å². The molecule has 0 aromatic heterocycles. The van der Waals surface area contributed by atoms with Crippen LogP contribution in [0.25, 0.3) is 0 Å². The summed E-state index contributed by atoms with van der Waals surface area (Å²) in [4.78, 5) is 37.9. The highest BCUT2D eigenvalue weighted by molar-refractivity contribution is 8.03. The van der Waals surface area contributed by atoms with Crippen LogP contribution in [0, 0.1) is 23.2 Å². The third kappa shape index (κ3) is 5.03. The van der Waals surface area contributed by atoms with Gasteiger partial charge in [-0.05, 0) is 13.3 Å². The van der Waals surface area contributed by atoms with Gasteiger partial charge in [0.1, 0.15) is 12.2 Å². The molecular weight excluding hydrogens is 440 g/mol. The Morgan fingerprint density at radius 2 is 2.19 bits per heavy atom. The molecule has 6 atom stereocenters. The van der Waals surface area contributed by atoms with Crippen molar-refractivity contribution in [3.05, 3.63) is 10.6 Å². The van der Waals surface area contributed by atoms with E-state index >= 15 is 0 Å². The van der Waals surface area contributed by atoms with Crippen LogP contribution >= 0.6 is 23.5 Å². The van der Waals surface area contributed by atoms with Gasteiger partial charge in [0, 0.05) is 46.6 Å². The van der Waals surface area contributed by atoms with Crippen molar-refractivity contribution < 1.29 is 24.6 Å². The van der Waals surface area contributed by atoms with Gasteiger partial charge in [-0.1, -0.05) is 6.92 Å². The summed E-state index contributed by atoms with van der Waals surface area (Å²) in [5, 5.41) is 34.3. The number of thioether (sulfide) groups is 2. The monoisotopic (exact) mass is 468 g/mol. The Hall–Kier alpha value is -1.74. The van der Waals surface area contributed by atoms with Crippen LogP contribution in [-0.4, -0.2) is 80.9 Å². The van der Waals surface area contributed by atoms with E-state index in [1.165, 1.54) is 16.7 Å². The van der Waals surface area contributed by atoms with E-state index in [4.69, 9.17) is 5.26 Å². The fraction of sp³-hybridized carbons (Fsp3) is 0.700. The summed E-state index contributed by atoms with van der Waals surface area (Å²) in [5.41, 5.74) is 0.0746. The fourth-order valence-corrected chi connectivity index (χ4v) is 7.03. The average molecular weight is 469 g/mol. The second kappa shape index (κ2) is 10.3. The smallest absolute Gasteiger partial charge is 0.353 e. The highest BCUT2D eigenvalue weighted by Gasteiger charge is 2.60. The number of nitriles is 1. The van der Waals surface area contributed by atoms with Crippen LogP contribution in [0.5, 0.6) is 0 Å². The molecule has 11 heteroatoms. The summed E-state index contributed by atoms with van der Waals surface area (Å²) < 4.78 is 0. The first-order chi connectivity index (χ1) is 14.8. The molecule has 3 aliphatic rings. The number of aliphatic hydroxyl groups excluding tert-OH is 1. The van der Waals surface area contributed by atoms with Crippen molar-refractivity contribution in [2.75, 3.05) is 24.6 Å². The predicted octanol–water partition coefficient (Wildman–Crippen LogP) is 0.367. The van der Waals surface area contributed by atoms with Gasteiger partial charge in [0.25, 0.3) is 0 Å². The Kier molecular flexibility index (Phi) is 7.91. The lowest BCUT2D eigenvalue weighted by molar-refractivity contribution is -0.163. The molecule has 2 fully saturated rings. The van der Waals surface area contributed by atoms with Crippen molar-refractivity contribution >= 4 is 41.3 Å². The van der Waals surface area contributed by atoms with E-state index in [2.05, 4.69) is 10.6 Å². The molecular formula is C20H28N4O5S2. The molecule has 0 aliphatic carbocycles. The molecule has 0 aromatic carbocycles. The average Bonchev–Trinajstić information content (AvgIpc) is 3.25. The minimum Gasteiger partial charge on any atom is -0.477 e. The van der Waals surface area contributed by atoms with Gasteiger partial charge in [-0.25, -0.2) is 4.79 Å². The maximum Gasteiger partial charge on any atom is 0.353 e. The number of rotatable bonds is 10. The topological polar surface area (TPSA) is 143 Å². The summed E-state index contributed by atoms with van der Waals surface area (Å²) in [7, 11) is 0. The molecule has 4 N–H and O–H groups in total. The van der Waals surface area contributed by atoms with Crippen LogP contribution in [0.4, 0.5) is 0 Å². The largest absolute Gasteiger partial charge is 0.477 e. The van der Waals surface area contributed by atoms with E-state index in [1.807, 2.05) is 13.0 Å². The number of nitrogens with zero attached hydrogens (tertiary/aromatic N) is 2. The first-order valence-electron chi connectivity index (χ1n) is 10.4. The highest BCUT2D eigenvalue weighted by atomic mass is 32.2. The Morgan fingerprint density at radius 1 is 1.45 bits per heavy atom. The molecule has 31 heavy (non-hydrogen) atoms. The maximum atomic E-state index is 12.4. The molecule has 0 unspecified atom stereocenters. The zero-order chi connectivity index (χ0) is 22.7. The molecule has 3 aliphatic heterocycles. The van der Waals surface area contributed by atoms with Gasteiger partial charge < -0.3 is 25.7 Å². The van der Waals surface area contributed by atoms with Gasteiger partial charge in [0.05, 0.1) is 24.1 Å². The quantitative estimate of drug-likeness (QED) is 0.203. The van der Waals surface area contributed by atoms with Crippen LogP contribution in [0.3, 0.4) is 0 Å². The summed E-state index contributed by atoms with van der Waals surface area (Å²) in [6.45, 7) is 4.29. The molecule has 170 valence electrons. The van der Waals surface area contributed by atoms with Gasteiger partial charge >= 0.3 is 5.97 Å². The van der Waals surface area contributed by atoms with Crippen LogP contribution in [0.2, 0.25) is 0 Å². The standard InChI is InChI=1S/C20H28N4O5S2/c1-10-16-15(11(2)25)19(27)24(16)17(20(28)29)18(10)31-13-7-12(23-8-13)9-30-6-3-14(26)22-5-4-21/h10-13,15-16,23,25H,3,5-9H2,1-2H3,(H,22,26)(H,28,29)/t10-,11-,12+,13+,15-,16-/m1/s1. The lowest BCUT2D eigenvalue weighted by Crippen LogP contribution is -2.63. The van der Waals surface area contributed by atoms with Gasteiger partial charge in [0.2, 0.25) is 11.8 Å². The zero-order valence-electron chi connectivity index (χ0n) is 17.5. The molecule has 0 radical (unpaired) electrons. The van der Waals surface area contributed by atoms with Crippen LogP contribution in [-0.2, 0) is 14.4 Å². The number of β-lactam (4-membered cyclic amide) rings is 1. The third-order valence-corrected chi connectivity index (χ3v) is 8.59.